The van der Waals surface area contributed by atoms with E-state index >= 15 is 0 Å². The topological polar surface area (TPSA) is 122 Å². The summed E-state index contributed by atoms with van der Waals surface area (Å²) >= 11 is 0. The molecule has 0 radical (unpaired) electrons. The van der Waals surface area contributed by atoms with E-state index in [1.54, 1.807) is 36.4 Å². The molecule has 0 heterocycles. The number of hydrogen-bond acceptors (Lipinski definition) is 7. The Morgan fingerprint density at radius 3 is 1.42 bits per heavy atom. The van der Waals surface area contributed by atoms with Crippen molar-refractivity contribution >= 4 is 17.2 Å². The minimum Gasteiger partial charge on any atom is -0.450 e. The molecule has 0 aliphatic rings. The largest absolute Gasteiger partial charge is 0.450 e. The molecular weight excluding hydrogens is 464 g/mol. The van der Waals surface area contributed by atoms with Crippen molar-refractivity contribution in [2.45, 2.75) is 13.8 Å². The van der Waals surface area contributed by atoms with Crippen molar-refractivity contribution in [3.63, 3.8) is 0 Å². The lowest BCUT2D eigenvalue weighted by Crippen LogP contribution is -2.05. The molecule has 4 aromatic carbocycles. The molecule has 180 valence electrons. The molecular formula is C27H20N2O7. The van der Waals surface area contributed by atoms with E-state index in [0.717, 1.165) is 23.3 Å². The van der Waals surface area contributed by atoms with Gasteiger partial charge in [-0.2, -0.15) is 0 Å². The molecule has 0 bridgehead atoms. The van der Waals surface area contributed by atoms with Crippen molar-refractivity contribution in [3.8, 4) is 23.0 Å². The third kappa shape index (κ3) is 5.36. The highest BCUT2D eigenvalue weighted by Gasteiger charge is 2.23. The number of nitro groups is 2. The van der Waals surface area contributed by atoms with Crippen LogP contribution in [0.1, 0.15) is 27.0 Å². The van der Waals surface area contributed by atoms with Crippen molar-refractivity contribution in [1.82, 2.24) is 0 Å². The molecule has 4 aromatic rings. The third-order valence-electron chi connectivity index (χ3n) is 5.27. The summed E-state index contributed by atoms with van der Waals surface area (Å²) in [7, 11) is 0. The second kappa shape index (κ2) is 10.1. The van der Waals surface area contributed by atoms with Crippen LogP contribution in [-0.2, 0) is 0 Å². The molecule has 0 unspecified atom stereocenters. The third-order valence-corrected chi connectivity index (χ3v) is 5.27. The summed E-state index contributed by atoms with van der Waals surface area (Å²) in [6.07, 6.45) is 0. The van der Waals surface area contributed by atoms with Gasteiger partial charge in [-0.1, -0.05) is 24.3 Å². The highest BCUT2D eigenvalue weighted by Crippen LogP contribution is 2.35. The number of carbonyl (C=O) groups is 1. The molecule has 0 aromatic heterocycles. The van der Waals surface area contributed by atoms with Crippen LogP contribution >= 0.6 is 0 Å². The maximum Gasteiger partial charge on any atom is 0.312 e. The Morgan fingerprint density at radius 1 is 0.639 bits per heavy atom. The minimum atomic E-state index is -0.650. The van der Waals surface area contributed by atoms with E-state index in [-0.39, 0.29) is 22.6 Å². The van der Waals surface area contributed by atoms with Crippen LogP contribution in [0.5, 0.6) is 23.0 Å². The van der Waals surface area contributed by atoms with Crippen molar-refractivity contribution < 1.29 is 24.1 Å². The number of benzene rings is 4. The van der Waals surface area contributed by atoms with Gasteiger partial charge in [0, 0.05) is 23.3 Å². The number of ketones is 1. The summed E-state index contributed by atoms with van der Waals surface area (Å²) in [4.78, 5) is 35.2. The van der Waals surface area contributed by atoms with Gasteiger partial charge in [0.1, 0.15) is 11.5 Å². The Labute approximate surface area is 205 Å². The summed E-state index contributed by atoms with van der Waals surface area (Å²) in [5.41, 5.74) is 0.990. The molecule has 9 heteroatoms. The van der Waals surface area contributed by atoms with Crippen molar-refractivity contribution in [2.24, 2.45) is 0 Å². The van der Waals surface area contributed by atoms with Crippen LogP contribution in [0.3, 0.4) is 0 Å². The van der Waals surface area contributed by atoms with Gasteiger partial charge in [-0.3, -0.25) is 25.0 Å². The summed E-state index contributed by atoms with van der Waals surface area (Å²) in [6.45, 7) is 3.72. The molecule has 0 atom stereocenters. The first kappa shape index (κ1) is 24.1. The molecule has 0 saturated carbocycles. The Bertz CT molecular complexity index is 1390. The summed E-state index contributed by atoms with van der Waals surface area (Å²) < 4.78 is 11.3. The van der Waals surface area contributed by atoms with Crippen LogP contribution in [-0.4, -0.2) is 15.6 Å². The van der Waals surface area contributed by atoms with Crippen LogP contribution in [0.4, 0.5) is 11.4 Å². The zero-order chi connectivity index (χ0) is 25.8. The Kier molecular flexibility index (Phi) is 6.73. The van der Waals surface area contributed by atoms with Gasteiger partial charge in [0.05, 0.1) is 9.85 Å². The van der Waals surface area contributed by atoms with E-state index in [4.69, 9.17) is 9.47 Å². The molecule has 0 aliphatic carbocycles. The molecule has 0 saturated heterocycles. The molecule has 0 amide bonds. The predicted octanol–water partition coefficient (Wildman–Crippen LogP) is 6.94. The highest BCUT2D eigenvalue weighted by molar-refractivity contribution is 6.10. The van der Waals surface area contributed by atoms with E-state index < -0.39 is 27.0 Å². The SMILES string of the molecule is Cc1cccc(Oc2ccc(C(=O)c3ccc(Oc4cccc(C)c4)c([N+](=O)[O-])c3)cc2[N+](=O)[O-])c1. The van der Waals surface area contributed by atoms with Crippen LogP contribution in [0.25, 0.3) is 0 Å². The maximum absolute atomic E-state index is 13.1. The zero-order valence-corrected chi connectivity index (χ0v) is 19.3. The van der Waals surface area contributed by atoms with E-state index in [1.807, 2.05) is 26.0 Å². The molecule has 0 spiro atoms. The minimum absolute atomic E-state index is 0.0139. The summed E-state index contributed by atoms with van der Waals surface area (Å²) in [5, 5.41) is 23.4. The molecule has 0 fully saturated rings. The number of hydrogen-bond donors (Lipinski definition) is 0. The van der Waals surface area contributed by atoms with Gasteiger partial charge < -0.3 is 9.47 Å². The van der Waals surface area contributed by atoms with Gasteiger partial charge in [-0.15, -0.1) is 0 Å². The average molecular weight is 484 g/mol. The number of carbonyl (C=O) groups excluding carboxylic acids is 1. The fourth-order valence-electron chi connectivity index (χ4n) is 3.55. The quantitative estimate of drug-likeness (QED) is 0.151. The van der Waals surface area contributed by atoms with Gasteiger partial charge in [-0.05, 0) is 73.5 Å². The van der Waals surface area contributed by atoms with Crippen LogP contribution in [0.2, 0.25) is 0 Å². The van der Waals surface area contributed by atoms with Crippen LogP contribution in [0, 0.1) is 34.1 Å². The first-order valence-electron chi connectivity index (χ1n) is 10.8. The molecule has 0 aliphatic heterocycles. The van der Waals surface area contributed by atoms with Gasteiger partial charge in [0.25, 0.3) is 0 Å². The number of aryl methyl sites for hydroxylation is 2. The monoisotopic (exact) mass is 484 g/mol. The van der Waals surface area contributed by atoms with Crippen LogP contribution in [0.15, 0.2) is 84.9 Å². The number of nitro benzene ring substituents is 2. The fourth-order valence-corrected chi connectivity index (χ4v) is 3.55. The van der Waals surface area contributed by atoms with E-state index in [0.29, 0.717) is 11.5 Å². The second-order valence-corrected chi connectivity index (χ2v) is 8.05. The van der Waals surface area contributed by atoms with Gasteiger partial charge in [-0.25, -0.2) is 0 Å². The van der Waals surface area contributed by atoms with Gasteiger partial charge in [0.15, 0.2) is 5.78 Å². The van der Waals surface area contributed by atoms with Gasteiger partial charge in [0.2, 0.25) is 11.5 Å². The first-order chi connectivity index (χ1) is 17.2. The smallest absolute Gasteiger partial charge is 0.312 e. The maximum atomic E-state index is 13.1. The molecule has 0 N–H and O–H groups in total. The van der Waals surface area contributed by atoms with Crippen molar-refractivity contribution in [3.05, 3.63) is 127 Å². The normalized spacial score (nSPS) is 10.5. The second-order valence-electron chi connectivity index (χ2n) is 8.05. The Hall–Kier alpha value is -5.05. The Morgan fingerprint density at radius 2 is 1.06 bits per heavy atom. The van der Waals surface area contributed by atoms with E-state index in [2.05, 4.69) is 0 Å². The lowest BCUT2D eigenvalue weighted by molar-refractivity contribution is -0.385. The average Bonchev–Trinajstić information content (AvgIpc) is 2.84. The number of nitrogens with zero attached hydrogens (tertiary/aromatic N) is 2. The lowest BCUT2D eigenvalue weighted by atomic mass is 10.0. The van der Waals surface area contributed by atoms with Crippen LogP contribution < -0.4 is 9.47 Å². The number of rotatable bonds is 8. The molecule has 36 heavy (non-hydrogen) atoms. The van der Waals surface area contributed by atoms with Gasteiger partial charge >= 0.3 is 11.4 Å². The summed E-state index contributed by atoms with van der Waals surface area (Å²) in [6, 6.07) is 21.6. The standard InChI is InChI=1S/C27H20N2O7/c1-17-5-3-7-21(13-17)35-25-11-9-19(15-23(25)28(31)32)27(30)20-10-12-26(24(16-20)29(33)34)36-22-8-4-6-18(2)14-22/h3-16H,1-2H3. The zero-order valence-electron chi connectivity index (χ0n) is 19.3. The van der Waals surface area contributed by atoms with Crippen molar-refractivity contribution in [2.75, 3.05) is 0 Å². The molecule has 9 nitrogen and oxygen atoms in total. The fraction of sp³-hybridized carbons (Fsp3) is 0.0741. The lowest BCUT2D eigenvalue weighted by Gasteiger charge is -2.10. The van der Waals surface area contributed by atoms with E-state index in [1.165, 1.54) is 24.3 Å². The predicted molar refractivity (Wildman–Crippen MR) is 132 cm³/mol. The first-order valence-corrected chi connectivity index (χ1v) is 10.8. The number of ether oxygens (including phenoxy) is 2. The summed E-state index contributed by atoms with van der Waals surface area (Å²) in [5.74, 6) is 0.143. The van der Waals surface area contributed by atoms with E-state index in [9.17, 15) is 25.0 Å². The molecule has 4 rings (SSSR count). The van der Waals surface area contributed by atoms with Crippen molar-refractivity contribution in [1.29, 1.82) is 0 Å². The Balaban J connectivity index is 1.65. The highest BCUT2D eigenvalue weighted by atomic mass is 16.6.